The van der Waals surface area contributed by atoms with Gasteiger partial charge in [0.2, 0.25) is 17.8 Å². The van der Waals surface area contributed by atoms with Crippen LogP contribution in [-0.4, -0.2) is 56.5 Å². The summed E-state index contributed by atoms with van der Waals surface area (Å²) in [5, 5.41) is 13.6. The van der Waals surface area contributed by atoms with Gasteiger partial charge in [-0.15, -0.1) is 0 Å². The third kappa shape index (κ3) is 3.86. The van der Waals surface area contributed by atoms with Crippen LogP contribution in [0.1, 0.15) is 58.9 Å². The smallest absolute Gasteiger partial charge is 0.255 e. The second-order valence-electron chi connectivity index (χ2n) is 8.71. The molecule has 5 rings (SSSR count). The topological polar surface area (TPSA) is 121 Å². The van der Waals surface area contributed by atoms with Crippen LogP contribution < -0.4 is 16.0 Å². The van der Waals surface area contributed by atoms with Crippen LogP contribution in [0.2, 0.25) is 0 Å². The third-order valence-corrected chi connectivity index (χ3v) is 6.48. The fraction of sp³-hybridized carbons (Fsp3) is 0.500. The summed E-state index contributed by atoms with van der Waals surface area (Å²) in [6.45, 7) is 2.84. The molecule has 1 aromatic carbocycles. The number of nitrogens with one attached hydrogen (secondary N) is 3. The Morgan fingerprint density at radius 1 is 1.22 bits per heavy atom. The molecule has 2 unspecified atom stereocenters. The van der Waals surface area contributed by atoms with Crippen LogP contribution in [0.4, 0.5) is 5.95 Å². The van der Waals surface area contributed by atoms with Gasteiger partial charge in [0.15, 0.2) is 5.82 Å². The van der Waals surface area contributed by atoms with Gasteiger partial charge in [0.1, 0.15) is 6.04 Å². The van der Waals surface area contributed by atoms with Gasteiger partial charge in [0.05, 0.1) is 0 Å². The minimum Gasteiger partial charge on any atom is -0.350 e. The third-order valence-electron chi connectivity index (χ3n) is 6.48. The summed E-state index contributed by atoms with van der Waals surface area (Å²) in [5.74, 6) is 1.04. The van der Waals surface area contributed by atoms with Crippen LogP contribution in [-0.2, 0) is 29.7 Å². The van der Waals surface area contributed by atoms with Crippen molar-refractivity contribution in [3.05, 3.63) is 40.7 Å². The molecule has 0 radical (unpaired) electrons. The number of anilines is 1. The van der Waals surface area contributed by atoms with Crippen molar-refractivity contribution in [1.82, 2.24) is 30.3 Å². The number of amides is 3. The van der Waals surface area contributed by atoms with Crippen molar-refractivity contribution in [2.45, 2.75) is 50.7 Å². The van der Waals surface area contributed by atoms with Gasteiger partial charge in [-0.3, -0.25) is 19.7 Å². The molecule has 3 aliphatic rings. The Balaban J connectivity index is 1.26. The summed E-state index contributed by atoms with van der Waals surface area (Å²) in [4.78, 5) is 42.9. The molecular weight excluding hydrogens is 410 g/mol. The molecule has 0 saturated carbocycles. The second-order valence-corrected chi connectivity index (χ2v) is 8.71. The van der Waals surface area contributed by atoms with Crippen LogP contribution >= 0.6 is 0 Å². The van der Waals surface area contributed by atoms with E-state index in [9.17, 15) is 14.4 Å². The molecule has 0 aliphatic carbocycles. The fourth-order valence-corrected chi connectivity index (χ4v) is 4.70. The molecule has 2 fully saturated rings. The first kappa shape index (κ1) is 20.6. The van der Waals surface area contributed by atoms with Crippen molar-refractivity contribution in [2.75, 3.05) is 18.4 Å². The van der Waals surface area contributed by atoms with Crippen molar-refractivity contribution < 1.29 is 14.4 Å². The summed E-state index contributed by atoms with van der Waals surface area (Å²) >= 11 is 0. The van der Waals surface area contributed by atoms with Crippen LogP contribution in [0.25, 0.3) is 0 Å². The van der Waals surface area contributed by atoms with Crippen LogP contribution in [0, 0.1) is 0 Å². The first-order valence-corrected chi connectivity index (χ1v) is 11.1. The number of piperidine rings is 2. The predicted octanol–water partition coefficient (Wildman–Crippen LogP) is 0.655. The predicted molar refractivity (Wildman–Crippen MR) is 116 cm³/mol. The highest BCUT2D eigenvalue weighted by molar-refractivity contribution is 6.05. The van der Waals surface area contributed by atoms with E-state index >= 15 is 0 Å². The van der Waals surface area contributed by atoms with Gasteiger partial charge < -0.3 is 15.5 Å². The number of fused-ring (bicyclic) bond motifs is 1. The zero-order chi connectivity index (χ0) is 22.2. The first-order valence-electron chi connectivity index (χ1n) is 11.1. The fourth-order valence-electron chi connectivity index (χ4n) is 4.70. The van der Waals surface area contributed by atoms with E-state index in [0.29, 0.717) is 36.9 Å². The van der Waals surface area contributed by atoms with Gasteiger partial charge in [-0.05, 0) is 43.0 Å². The summed E-state index contributed by atoms with van der Waals surface area (Å²) in [6.07, 6.45) is 2.84. The molecule has 10 nitrogen and oxygen atoms in total. The number of carbonyl (C=O) groups excluding carboxylic acids is 3. The largest absolute Gasteiger partial charge is 0.350 e. The normalized spacial score (nSPS) is 23.3. The lowest BCUT2D eigenvalue weighted by atomic mass is 9.99. The quantitative estimate of drug-likeness (QED) is 0.588. The molecule has 2 atom stereocenters. The van der Waals surface area contributed by atoms with Crippen molar-refractivity contribution in [3.63, 3.8) is 0 Å². The summed E-state index contributed by atoms with van der Waals surface area (Å²) < 4.78 is 1.76. The lowest BCUT2D eigenvalue weighted by molar-refractivity contribution is -0.136. The van der Waals surface area contributed by atoms with E-state index in [1.165, 1.54) is 0 Å². The molecule has 0 spiro atoms. The Morgan fingerprint density at radius 3 is 2.88 bits per heavy atom. The van der Waals surface area contributed by atoms with Gasteiger partial charge >= 0.3 is 0 Å². The molecule has 3 amide bonds. The summed E-state index contributed by atoms with van der Waals surface area (Å²) in [6, 6.07) is 5.20. The Labute approximate surface area is 185 Å². The van der Waals surface area contributed by atoms with Gasteiger partial charge in [-0.1, -0.05) is 12.1 Å². The molecular formula is C22H27N7O3. The van der Waals surface area contributed by atoms with E-state index in [1.807, 2.05) is 25.2 Å². The van der Waals surface area contributed by atoms with E-state index in [0.717, 1.165) is 42.9 Å². The first-order chi connectivity index (χ1) is 15.5. The van der Waals surface area contributed by atoms with Crippen molar-refractivity contribution in [3.8, 4) is 0 Å². The molecule has 2 aromatic rings. The average Bonchev–Trinajstić information content (AvgIpc) is 3.32. The Hall–Kier alpha value is -3.27. The molecule has 3 N–H and O–H groups in total. The molecule has 1 aromatic heterocycles. The summed E-state index contributed by atoms with van der Waals surface area (Å²) in [5.41, 5.74) is 2.46. The number of hydrogen-bond donors (Lipinski definition) is 3. The highest BCUT2D eigenvalue weighted by Gasteiger charge is 2.39. The maximum absolute atomic E-state index is 13.0. The molecule has 2 saturated heterocycles. The monoisotopic (exact) mass is 437 g/mol. The number of nitrogens with zero attached hydrogens (tertiary/aromatic N) is 4. The van der Waals surface area contributed by atoms with E-state index in [4.69, 9.17) is 0 Å². The van der Waals surface area contributed by atoms with Gasteiger partial charge in [-0.25, -0.2) is 4.68 Å². The minimum absolute atomic E-state index is 0.165. The zero-order valence-electron chi connectivity index (χ0n) is 18.1. The van der Waals surface area contributed by atoms with E-state index < -0.39 is 11.9 Å². The van der Waals surface area contributed by atoms with Gasteiger partial charge in [0.25, 0.3) is 5.91 Å². The highest BCUT2D eigenvalue weighted by atomic mass is 16.2. The Kier molecular flexibility index (Phi) is 5.38. The number of carbonyl (C=O) groups is 3. The molecule has 3 aliphatic heterocycles. The van der Waals surface area contributed by atoms with Crippen LogP contribution in [0.15, 0.2) is 18.2 Å². The molecule has 32 heavy (non-hydrogen) atoms. The molecule has 0 bridgehead atoms. The van der Waals surface area contributed by atoms with E-state index in [-0.39, 0.29) is 18.2 Å². The lowest BCUT2D eigenvalue weighted by Crippen LogP contribution is -2.52. The van der Waals surface area contributed by atoms with Gasteiger partial charge in [-0.2, -0.15) is 10.1 Å². The van der Waals surface area contributed by atoms with Crippen LogP contribution in [0.5, 0.6) is 0 Å². The Bertz CT molecular complexity index is 1070. The maximum atomic E-state index is 13.0. The highest BCUT2D eigenvalue weighted by Crippen LogP contribution is 2.28. The maximum Gasteiger partial charge on any atom is 0.255 e. The number of rotatable bonds is 5. The molecule has 10 heteroatoms. The number of hydrogen-bond acceptors (Lipinski definition) is 7. The summed E-state index contributed by atoms with van der Waals surface area (Å²) in [7, 11) is 1.87. The SMILES string of the molecule is Cn1nc(C2CCCNC2)nc1NCc1ccc2c(c1)C(=O)N(C1CCC(=O)NC1=O)C2. The number of benzene rings is 1. The lowest BCUT2D eigenvalue weighted by Gasteiger charge is -2.29. The van der Waals surface area contributed by atoms with Crippen molar-refractivity contribution >= 4 is 23.7 Å². The number of aryl methyl sites for hydroxylation is 1. The van der Waals surface area contributed by atoms with Gasteiger partial charge in [0, 0.05) is 44.6 Å². The van der Waals surface area contributed by atoms with Crippen LogP contribution in [0.3, 0.4) is 0 Å². The zero-order valence-corrected chi connectivity index (χ0v) is 18.1. The minimum atomic E-state index is -0.597. The second kappa shape index (κ2) is 8.34. The van der Waals surface area contributed by atoms with Crippen molar-refractivity contribution in [1.29, 1.82) is 0 Å². The standard InChI is InChI=1S/C22H27N7O3/c1-28-22(26-19(27-28)14-3-2-8-23-11-14)24-10-13-4-5-15-12-29(21(32)16(15)9-13)17-6-7-18(30)25-20(17)31/h4-5,9,14,17,23H,2-3,6-8,10-12H2,1H3,(H,24,26,27)(H,25,30,31). The van der Waals surface area contributed by atoms with E-state index in [1.54, 1.807) is 9.58 Å². The Morgan fingerprint density at radius 2 is 2.09 bits per heavy atom. The average molecular weight is 438 g/mol. The molecule has 4 heterocycles. The van der Waals surface area contributed by atoms with E-state index in [2.05, 4.69) is 26.0 Å². The number of aromatic nitrogens is 3. The molecule has 168 valence electrons. The van der Waals surface area contributed by atoms with Crippen molar-refractivity contribution in [2.24, 2.45) is 7.05 Å². The number of imide groups is 1.